The Morgan fingerprint density at radius 1 is 1.16 bits per heavy atom. The summed E-state index contributed by atoms with van der Waals surface area (Å²) in [5.74, 6) is 0.399. The van der Waals surface area contributed by atoms with Gasteiger partial charge in [0.25, 0.3) is 5.91 Å². The lowest BCUT2D eigenvalue weighted by Crippen LogP contribution is -2.15. The van der Waals surface area contributed by atoms with Crippen molar-refractivity contribution in [3.05, 3.63) is 70.0 Å². The van der Waals surface area contributed by atoms with Crippen molar-refractivity contribution < 1.29 is 9.53 Å². The van der Waals surface area contributed by atoms with Gasteiger partial charge in [-0.25, -0.2) is 0 Å². The Kier molecular flexibility index (Phi) is 4.57. The van der Waals surface area contributed by atoms with E-state index in [1.165, 1.54) is 0 Å². The molecule has 2 aromatic carbocycles. The summed E-state index contributed by atoms with van der Waals surface area (Å²) >= 11 is 0. The van der Waals surface area contributed by atoms with Crippen LogP contribution in [0.3, 0.4) is 0 Å². The van der Waals surface area contributed by atoms with Crippen LogP contribution < -0.4 is 15.5 Å². The molecular weight excluding hydrogens is 316 g/mol. The number of benzene rings is 2. The molecule has 1 amide bonds. The summed E-state index contributed by atoms with van der Waals surface area (Å²) in [6.45, 7) is 4.70. The predicted molar refractivity (Wildman–Crippen MR) is 99.6 cm³/mol. The summed E-state index contributed by atoms with van der Waals surface area (Å²) in [5.41, 5.74) is 2.76. The molecule has 0 saturated carbocycles. The van der Waals surface area contributed by atoms with Crippen molar-refractivity contribution in [1.82, 2.24) is 4.57 Å². The molecule has 1 heterocycles. The topological polar surface area (TPSA) is 60.3 Å². The van der Waals surface area contributed by atoms with Gasteiger partial charge < -0.3 is 14.6 Å². The second kappa shape index (κ2) is 6.81. The van der Waals surface area contributed by atoms with Crippen LogP contribution in [0, 0.1) is 6.92 Å². The minimum atomic E-state index is -0.266. The summed E-state index contributed by atoms with van der Waals surface area (Å²) in [4.78, 5) is 24.9. The van der Waals surface area contributed by atoms with Crippen LogP contribution in [0.25, 0.3) is 10.9 Å². The van der Waals surface area contributed by atoms with Crippen molar-refractivity contribution in [2.24, 2.45) is 0 Å². The molecule has 0 spiro atoms. The van der Waals surface area contributed by atoms with Crippen molar-refractivity contribution in [2.45, 2.75) is 20.4 Å². The number of fused-ring (bicyclic) bond motifs is 1. The smallest absolute Gasteiger partial charge is 0.255 e. The minimum Gasteiger partial charge on any atom is -0.497 e. The van der Waals surface area contributed by atoms with Crippen LogP contribution in [-0.4, -0.2) is 17.6 Å². The van der Waals surface area contributed by atoms with Crippen molar-refractivity contribution >= 4 is 22.5 Å². The maximum atomic E-state index is 12.5. The lowest BCUT2D eigenvalue weighted by Gasteiger charge is -2.13. The third-order valence-corrected chi connectivity index (χ3v) is 4.22. The highest BCUT2D eigenvalue weighted by atomic mass is 16.5. The van der Waals surface area contributed by atoms with E-state index in [1.54, 1.807) is 49.6 Å². The summed E-state index contributed by atoms with van der Waals surface area (Å²) in [6.07, 6.45) is 0. The van der Waals surface area contributed by atoms with E-state index in [0.717, 1.165) is 17.8 Å². The fourth-order valence-electron chi connectivity index (χ4n) is 2.97. The van der Waals surface area contributed by atoms with Gasteiger partial charge in [0.05, 0.1) is 12.6 Å². The zero-order valence-corrected chi connectivity index (χ0v) is 14.5. The van der Waals surface area contributed by atoms with Gasteiger partial charge in [0, 0.05) is 41.0 Å². The molecule has 3 rings (SSSR count). The maximum Gasteiger partial charge on any atom is 0.255 e. The molecule has 1 N–H and O–H groups in total. The number of amides is 1. The van der Waals surface area contributed by atoms with E-state index in [0.29, 0.717) is 22.4 Å². The van der Waals surface area contributed by atoms with Crippen LogP contribution in [0.4, 0.5) is 5.69 Å². The Morgan fingerprint density at radius 2 is 1.96 bits per heavy atom. The average molecular weight is 336 g/mol. The Bertz CT molecular complexity index is 1010. The lowest BCUT2D eigenvalue weighted by molar-refractivity contribution is 0.102. The van der Waals surface area contributed by atoms with E-state index >= 15 is 0 Å². The third-order valence-electron chi connectivity index (χ3n) is 4.22. The number of nitrogens with one attached hydrogen (secondary N) is 1. The standard InChI is InChI=1S/C20H20N2O3/c1-4-22-13(2)10-19(23)17-11-14(8-9-18(17)22)20(24)21-15-6-5-7-16(12-15)25-3/h5-12H,4H2,1-3H3,(H,21,24). The van der Waals surface area contributed by atoms with Gasteiger partial charge in [0.15, 0.2) is 5.43 Å². The van der Waals surface area contributed by atoms with Gasteiger partial charge in [0.2, 0.25) is 0 Å². The van der Waals surface area contributed by atoms with Crippen LogP contribution >= 0.6 is 0 Å². The number of carbonyl (C=O) groups is 1. The van der Waals surface area contributed by atoms with Crippen LogP contribution in [0.15, 0.2) is 53.3 Å². The average Bonchev–Trinajstić information content (AvgIpc) is 2.62. The zero-order chi connectivity index (χ0) is 18.0. The van der Waals surface area contributed by atoms with Gasteiger partial charge in [-0.15, -0.1) is 0 Å². The first-order valence-electron chi connectivity index (χ1n) is 8.13. The molecule has 0 unspecified atom stereocenters. The van der Waals surface area contributed by atoms with Crippen LogP contribution in [-0.2, 0) is 6.54 Å². The summed E-state index contributed by atoms with van der Waals surface area (Å²) < 4.78 is 7.21. The molecule has 0 atom stereocenters. The van der Waals surface area contributed by atoms with E-state index in [-0.39, 0.29) is 11.3 Å². The molecule has 0 aliphatic heterocycles. The third kappa shape index (κ3) is 3.26. The van der Waals surface area contributed by atoms with Gasteiger partial charge >= 0.3 is 0 Å². The number of hydrogen-bond acceptors (Lipinski definition) is 3. The normalized spacial score (nSPS) is 10.7. The molecule has 128 valence electrons. The van der Waals surface area contributed by atoms with Gasteiger partial charge in [-0.1, -0.05) is 6.07 Å². The minimum absolute atomic E-state index is 0.0757. The monoisotopic (exact) mass is 336 g/mol. The van der Waals surface area contributed by atoms with Gasteiger partial charge in [-0.2, -0.15) is 0 Å². The van der Waals surface area contributed by atoms with Crippen LogP contribution in [0.2, 0.25) is 0 Å². The number of carbonyl (C=O) groups excluding carboxylic acids is 1. The SMILES string of the molecule is CCn1c(C)cc(=O)c2cc(C(=O)Nc3cccc(OC)c3)ccc21. The number of aromatic nitrogens is 1. The van der Waals surface area contributed by atoms with Gasteiger partial charge in [-0.3, -0.25) is 9.59 Å². The second-order valence-electron chi connectivity index (χ2n) is 5.81. The highest BCUT2D eigenvalue weighted by Crippen LogP contribution is 2.19. The number of pyridine rings is 1. The van der Waals surface area contributed by atoms with E-state index < -0.39 is 0 Å². The lowest BCUT2D eigenvalue weighted by atomic mass is 10.1. The summed E-state index contributed by atoms with van der Waals surface area (Å²) in [7, 11) is 1.57. The summed E-state index contributed by atoms with van der Waals surface area (Å²) in [6, 6.07) is 14.0. The summed E-state index contributed by atoms with van der Waals surface area (Å²) in [5, 5.41) is 3.38. The molecular formula is C20H20N2O3. The maximum absolute atomic E-state index is 12.5. The molecule has 0 fully saturated rings. The highest BCUT2D eigenvalue weighted by molar-refractivity contribution is 6.06. The zero-order valence-electron chi connectivity index (χ0n) is 14.5. The van der Waals surface area contributed by atoms with Crippen molar-refractivity contribution in [2.75, 3.05) is 12.4 Å². The van der Waals surface area contributed by atoms with Crippen molar-refractivity contribution in [3.8, 4) is 5.75 Å². The van der Waals surface area contributed by atoms with Crippen LogP contribution in [0.1, 0.15) is 23.0 Å². The molecule has 0 aliphatic carbocycles. The molecule has 0 saturated heterocycles. The van der Waals surface area contributed by atoms with Crippen molar-refractivity contribution in [3.63, 3.8) is 0 Å². The fraction of sp³-hybridized carbons (Fsp3) is 0.200. The van der Waals surface area contributed by atoms with E-state index in [1.807, 2.05) is 19.9 Å². The van der Waals surface area contributed by atoms with Gasteiger partial charge in [-0.05, 0) is 44.2 Å². The Morgan fingerprint density at radius 3 is 2.68 bits per heavy atom. The number of anilines is 1. The highest BCUT2D eigenvalue weighted by Gasteiger charge is 2.11. The molecule has 5 nitrogen and oxygen atoms in total. The molecule has 1 aromatic heterocycles. The largest absolute Gasteiger partial charge is 0.497 e. The van der Waals surface area contributed by atoms with Gasteiger partial charge in [0.1, 0.15) is 5.75 Å². The van der Waals surface area contributed by atoms with E-state index in [2.05, 4.69) is 9.88 Å². The quantitative estimate of drug-likeness (QED) is 0.792. The number of ether oxygens (including phenoxy) is 1. The molecule has 0 radical (unpaired) electrons. The fourth-order valence-corrected chi connectivity index (χ4v) is 2.97. The number of nitrogens with zero attached hydrogens (tertiary/aromatic N) is 1. The van der Waals surface area contributed by atoms with E-state index in [4.69, 9.17) is 4.74 Å². The van der Waals surface area contributed by atoms with Crippen LogP contribution in [0.5, 0.6) is 5.75 Å². The number of rotatable bonds is 4. The first-order valence-corrected chi connectivity index (χ1v) is 8.13. The Hall–Kier alpha value is -3.08. The number of aryl methyl sites for hydroxylation is 2. The molecule has 0 aliphatic rings. The molecule has 3 aromatic rings. The predicted octanol–water partition coefficient (Wildman–Crippen LogP) is 3.59. The number of hydrogen-bond donors (Lipinski definition) is 1. The number of methoxy groups -OCH3 is 1. The Labute approximate surface area is 145 Å². The first-order chi connectivity index (χ1) is 12.0. The first kappa shape index (κ1) is 16.8. The van der Waals surface area contributed by atoms with Crippen molar-refractivity contribution in [1.29, 1.82) is 0 Å². The second-order valence-corrected chi connectivity index (χ2v) is 5.81. The Balaban J connectivity index is 1.98. The molecule has 5 heteroatoms. The molecule has 25 heavy (non-hydrogen) atoms. The molecule has 0 bridgehead atoms. The van der Waals surface area contributed by atoms with E-state index in [9.17, 15) is 9.59 Å².